The van der Waals surface area contributed by atoms with Crippen molar-refractivity contribution in [2.75, 3.05) is 6.61 Å². The average Bonchev–Trinajstić information content (AvgIpc) is 2.47. The van der Waals surface area contributed by atoms with Gasteiger partial charge in [0.2, 0.25) is 0 Å². The van der Waals surface area contributed by atoms with E-state index in [9.17, 15) is 0 Å². The van der Waals surface area contributed by atoms with Gasteiger partial charge in [0.05, 0.1) is 0 Å². The number of aliphatic hydroxyl groups is 1. The molecule has 1 aliphatic heterocycles. The Bertz CT molecular complexity index is 245. The first-order chi connectivity index (χ1) is 5.90. The van der Waals surface area contributed by atoms with Gasteiger partial charge in [0.1, 0.15) is 11.9 Å². The highest BCUT2D eigenvalue weighted by Gasteiger charge is 2.20. The Labute approximate surface area is 71.8 Å². The molecule has 2 heteroatoms. The van der Waals surface area contributed by atoms with Gasteiger partial charge >= 0.3 is 0 Å². The van der Waals surface area contributed by atoms with Crippen molar-refractivity contribution in [1.82, 2.24) is 0 Å². The molecule has 64 valence electrons. The minimum atomic E-state index is 0.187. The van der Waals surface area contributed by atoms with E-state index < -0.39 is 0 Å². The van der Waals surface area contributed by atoms with Crippen LogP contribution in [0.3, 0.4) is 0 Å². The van der Waals surface area contributed by atoms with Crippen molar-refractivity contribution in [2.45, 2.75) is 18.9 Å². The zero-order valence-corrected chi connectivity index (χ0v) is 6.86. The van der Waals surface area contributed by atoms with Gasteiger partial charge < -0.3 is 9.84 Å². The van der Waals surface area contributed by atoms with E-state index in [1.54, 1.807) is 0 Å². The molecule has 12 heavy (non-hydrogen) atoms. The molecule has 1 atom stereocenters. The monoisotopic (exact) mass is 164 g/mol. The zero-order valence-electron chi connectivity index (χ0n) is 6.86. The highest BCUT2D eigenvalue weighted by atomic mass is 16.5. The molecule has 0 aliphatic carbocycles. The van der Waals surface area contributed by atoms with E-state index in [1.807, 2.05) is 18.2 Å². The van der Waals surface area contributed by atoms with Gasteiger partial charge in [-0.1, -0.05) is 18.2 Å². The van der Waals surface area contributed by atoms with Crippen molar-refractivity contribution < 1.29 is 9.84 Å². The van der Waals surface area contributed by atoms with Crippen molar-refractivity contribution in [3.8, 4) is 5.75 Å². The van der Waals surface area contributed by atoms with Crippen molar-refractivity contribution in [3.05, 3.63) is 29.8 Å². The van der Waals surface area contributed by atoms with E-state index in [-0.39, 0.29) is 12.7 Å². The van der Waals surface area contributed by atoms with Gasteiger partial charge in [0.15, 0.2) is 0 Å². The fourth-order valence-corrected chi connectivity index (χ4v) is 1.56. The fraction of sp³-hybridized carbons (Fsp3) is 0.400. The van der Waals surface area contributed by atoms with Crippen LogP contribution in [-0.2, 0) is 6.42 Å². The van der Waals surface area contributed by atoms with E-state index in [0.717, 1.165) is 18.6 Å². The fourth-order valence-electron chi connectivity index (χ4n) is 1.56. The molecule has 2 rings (SSSR count). The topological polar surface area (TPSA) is 29.5 Å². The van der Waals surface area contributed by atoms with Crippen molar-refractivity contribution in [2.24, 2.45) is 0 Å². The Morgan fingerprint density at radius 2 is 2.25 bits per heavy atom. The smallest absolute Gasteiger partial charge is 0.123 e. The lowest BCUT2D eigenvalue weighted by Gasteiger charge is -2.07. The standard InChI is InChI=1S/C10H12O2/c11-6-5-9-7-8-3-1-2-4-10(8)12-9/h1-4,9,11H,5-7H2. The Kier molecular flexibility index (Phi) is 2.00. The van der Waals surface area contributed by atoms with E-state index in [2.05, 4.69) is 6.07 Å². The van der Waals surface area contributed by atoms with Gasteiger partial charge in [-0.2, -0.15) is 0 Å². The maximum atomic E-state index is 8.73. The third kappa shape index (κ3) is 1.30. The Morgan fingerprint density at radius 3 is 3.00 bits per heavy atom. The molecular weight excluding hydrogens is 152 g/mol. The summed E-state index contributed by atoms with van der Waals surface area (Å²) in [5, 5.41) is 8.73. The summed E-state index contributed by atoms with van der Waals surface area (Å²) in [5.41, 5.74) is 1.26. The van der Waals surface area contributed by atoms with Gasteiger partial charge in [0.25, 0.3) is 0 Å². The summed E-state index contributed by atoms with van der Waals surface area (Å²) >= 11 is 0. The lowest BCUT2D eigenvalue weighted by molar-refractivity contribution is 0.175. The number of benzene rings is 1. The quantitative estimate of drug-likeness (QED) is 0.715. The molecule has 0 saturated heterocycles. The van der Waals surface area contributed by atoms with Crippen LogP contribution in [0.1, 0.15) is 12.0 Å². The number of para-hydroxylation sites is 1. The molecule has 0 aromatic heterocycles. The summed E-state index contributed by atoms with van der Waals surface area (Å²) in [5.74, 6) is 0.982. The Balaban J connectivity index is 2.11. The summed E-state index contributed by atoms with van der Waals surface area (Å²) in [6.45, 7) is 0.207. The third-order valence-electron chi connectivity index (χ3n) is 2.16. The Morgan fingerprint density at radius 1 is 1.42 bits per heavy atom. The van der Waals surface area contributed by atoms with Gasteiger partial charge in [-0.3, -0.25) is 0 Å². The number of fused-ring (bicyclic) bond motifs is 1. The predicted molar refractivity (Wildman–Crippen MR) is 46.3 cm³/mol. The number of hydrogen-bond acceptors (Lipinski definition) is 2. The zero-order chi connectivity index (χ0) is 8.39. The molecule has 0 radical (unpaired) electrons. The van der Waals surface area contributed by atoms with E-state index in [4.69, 9.17) is 9.84 Å². The largest absolute Gasteiger partial charge is 0.490 e. The van der Waals surface area contributed by atoms with Crippen LogP contribution in [0.5, 0.6) is 5.75 Å². The summed E-state index contributed by atoms with van der Waals surface area (Å²) in [6.07, 6.45) is 1.86. The Hall–Kier alpha value is -1.02. The summed E-state index contributed by atoms with van der Waals surface area (Å²) in [4.78, 5) is 0. The summed E-state index contributed by atoms with van der Waals surface area (Å²) < 4.78 is 5.59. The highest BCUT2D eigenvalue weighted by Crippen LogP contribution is 2.28. The lowest BCUT2D eigenvalue weighted by atomic mass is 10.1. The van der Waals surface area contributed by atoms with Crippen LogP contribution in [0, 0.1) is 0 Å². The summed E-state index contributed by atoms with van der Waals surface area (Å²) in [7, 11) is 0. The van der Waals surface area contributed by atoms with Crippen LogP contribution in [0.4, 0.5) is 0 Å². The maximum absolute atomic E-state index is 8.73. The van der Waals surface area contributed by atoms with E-state index >= 15 is 0 Å². The van der Waals surface area contributed by atoms with Crippen LogP contribution < -0.4 is 4.74 Å². The van der Waals surface area contributed by atoms with E-state index in [0.29, 0.717) is 0 Å². The molecule has 1 aromatic rings. The maximum Gasteiger partial charge on any atom is 0.123 e. The summed E-state index contributed by atoms with van der Waals surface area (Å²) in [6, 6.07) is 8.04. The molecule has 1 aliphatic rings. The van der Waals surface area contributed by atoms with Crippen LogP contribution in [0.2, 0.25) is 0 Å². The second kappa shape index (κ2) is 3.15. The molecule has 1 aromatic carbocycles. The van der Waals surface area contributed by atoms with E-state index in [1.165, 1.54) is 5.56 Å². The number of ether oxygens (including phenoxy) is 1. The first-order valence-corrected chi connectivity index (χ1v) is 4.25. The molecule has 0 fully saturated rings. The third-order valence-corrected chi connectivity index (χ3v) is 2.16. The molecular formula is C10H12O2. The minimum absolute atomic E-state index is 0.187. The predicted octanol–water partition coefficient (Wildman–Crippen LogP) is 1.37. The van der Waals surface area contributed by atoms with Crippen LogP contribution in [0.25, 0.3) is 0 Å². The van der Waals surface area contributed by atoms with Crippen molar-refractivity contribution in [1.29, 1.82) is 0 Å². The van der Waals surface area contributed by atoms with Gasteiger partial charge in [-0.05, 0) is 11.6 Å². The minimum Gasteiger partial charge on any atom is -0.490 e. The van der Waals surface area contributed by atoms with Crippen molar-refractivity contribution >= 4 is 0 Å². The molecule has 1 N–H and O–H groups in total. The number of hydrogen-bond donors (Lipinski definition) is 1. The molecule has 0 spiro atoms. The van der Waals surface area contributed by atoms with Gasteiger partial charge in [-0.15, -0.1) is 0 Å². The lowest BCUT2D eigenvalue weighted by Crippen LogP contribution is -2.14. The van der Waals surface area contributed by atoms with Crippen LogP contribution in [-0.4, -0.2) is 17.8 Å². The SMILES string of the molecule is OCCC1Cc2ccccc2O1. The van der Waals surface area contributed by atoms with Crippen molar-refractivity contribution in [3.63, 3.8) is 0 Å². The second-order valence-corrected chi connectivity index (χ2v) is 3.06. The average molecular weight is 164 g/mol. The molecule has 0 bridgehead atoms. The molecule has 0 amide bonds. The highest BCUT2D eigenvalue weighted by molar-refractivity contribution is 5.37. The van der Waals surface area contributed by atoms with Gasteiger partial charge in [0, 0.05) is 19.4 Å². The first-order valence-electron chi connectivity index (χ1n) is 4.25. The molecule has 2 nitrogen and oxygen atoms in total. The molecule has 1 heterocycles. The van der Waals surface area contributed by atoms with Crippen LogP contribution in [0.15, 0.2) is 24.3 Å². The molecule has 1 unspecified atom stereocenters. The number of aliphatic hydroxyl groups excluding tert-OH is 1. The van der Waals surface area contributed by atoms with Crippen LogP contribution >= 0.6 is 0 Å². The van der Waals surface area contributed by atoms with Gasteiger partial charge in [-0.25, -0.2) is 0 Å². The second-order valence-electron chi connectivity index (χ2n) is 3.06. The normalized spacial score (nSPS) is 20.2. The molecule has 0 saturated carbocycles. The number of rotatable bonds is 2. The first kappa shape index (κ1) is 7.62.